The number of imidazole rings is 1. The van der Waals surface area contributed by atoms with Crippen molar-refractivity contribution < 1.29 is 33.4 Å². The van der Waals surface area contributed by atoms with E-state index in [4.69, 9.17) is 25.8 Å². The fourth-order valence-electron chi connectivity index (χ4n) is 5.90. The second-order valence-electron chi connectivity index (χ2n) is 12.2. The number of carbonyl (C=O) groups excluding carboxylic acids is 4. The van der Waals surface area contributed by atoms with E-state index in [2.05, 4.69) is 39.3 Å². The highest BCUT2D eigenvalue weighted by atomic mass is 35.5. The summed E-state index contributed by atoms with van der Waals surface area (Å²) in [7, 11) is 0. The first-order chi connectivity index (χ1) is 22.5. The second kappa shape index (κ2) is 15.6. The smallest absolute Gasteiger partial charge is 0.431 e. The van der Waals surface area contributed by atoms with Gasteiger partial charge in [-0.2, -0.15) is 0 Å². The summed E-state index contributed by atoms with van der Waals surface area (Å²) in [6.45, 7) is 7.21. The number of piperidine rings is 1. The molecule has 1 unspecified atom stereocenters. The van der Waals surface area contributed by atoms with Crippen LogP contribution >= 0.6 is 11.6 Å². The van der Waals surface area contributed by atoms with Crippen LogP contribution in [0.2, 0.25) is 5.02 Å². The van der Waals surface area contributed by atoms with Gasteiger partial charge in [0.05, 0.1) is 21.6 Å². The third-order valence-corrected chi connectivity index (χ3v) is 8.65. The summed E-state index contributed by atoms with van der Waals surface area (Å²) >= 11 is 5.91. The molecule has 3 heterocycles. The minimum atomic E-state index is -1.19. The van der Waals surface area contributed by atoms with Crippen LogP contribution in [-0.2, 0) is 25.5 Å². The average Bonchev–Trinajstić information content (AvgIpc) is 3.40. The number of aromatic nitrogens is 3. The molecule has 13 nitrogen and oxygen atoms in total. The Bertz CT molecular complexity index is 1580. The minimum Gasteiger partial charge on any atom is -0.431 e. The van der Waals surface area contributed by atoms with Gasteiger partial charge < -0.3 is 34.3 Å². The summed E-state index contributed by atoms with van der Waals surface area (Å²) in [5.74, 6) is -1.29. The maximum Gasteiger partial charge on any atom is 0.511 e. The number of rotatable bonds is 10. The van der Waals surface area contributed by atoms with Gasteiger partial charge >= 0.3 is 12.1 Å². The summed E-state index contributed by atoms with van der Waals surface area (Å²) in [4.78, 5) is 62.9. The van der Waals surface area contributed by atoms with Crippen molar-refractivity contribution >= 4 is 52.4 Å². The number of pyridine rings is 1. The van der Waals surface area contributed by atoms with Crippen molar-refractivity contribution in [1.29, 1.82) is 0 Å². The van der Waals surface area contributed by atoms with Gasteiger partial charge in [-0.25, -0.2) is 19.6 Å². The quantitative estimate of drug-likeness (QED) is 0.214. The number of hydrogen-bond donors (Lipinski definition) is 2. The standard InChI is InChI=1S/C33H41ClN6O7/c1-20(2)39-15-13-24(14-16-39)36-31(42)30-37-26-17-22(32(43)45-21(3)46-33(44)47-25-7-5-4-6-8-25)9-11-27(26)40(30)19-29(41)38-28-12-10-23(34)18-35-28/h9-12,17-18,20-21,24-25H,4-8,13-16,19H2,1-3H3,(H,36,42)(H,35,38,41). The van der Waals surface area contributed by atoms with Crippen LogP contribution in [0.25, 0.3) is 11.0 Å². The van der Waals surface area contributed by atoms with Gasteiger partial charge in [0.25, 0.3) is 5.91 Å². The molecule has 1 saturated carbocycles. The van der Waals surface area contributed by atoms with Crippen LogP contribution in [0.3, 0.4) is 0 Å². The Morgan fingerprint density at radius 3 is 2.40 bits per heavy atom. The lowest BCUT2D eigenvalue weighted by Gasteiger charge is -2.34. The van der Waals surface area contributed by atoms with Gasteiger partial charge in [-0.1, -0.05) is 18.0 Å². The van der Waals surface area contributed by atoms with E-state index in [9.17, 15) is 19.2 Å². The molecular formula is C33H41ClN6O7. The number of hydrogen-bond acceptors (Lipinski definition) is 10. The fraction of sp³-hybridized carbons (Fsp3) is 0.515. The Hall–Kier alpha value is -4.23. The van der Waals surface area contributed by atoms with E-state index in [1.165, 1.54) is 29.8 Å². The van der Waals surface area contributed by atoms with Crippen LogP contribution in [0.4, 0.5) is 10.6 Å². The molecule has 252 valence electrons. The number of nitrogens with one attached hydrogen (secondary N) is 2. The summed E-state index contributed by atoms with van der Waals surface area (Å²) < 4.78 is 17.3. The zero-order valence-electron chi connectivity index (χ0n) is 26.9. The van der Waals surface area contributed by atoms with Gasteiger partial charge in [0.2, 0.25) is 18.0 Å². The van der Waals surface area contributed by atoms with Gasteiger partial charge in [0.15, 0.2) is 0 Å². The summed E-state index contributed by atoms with van der Waals surface area (Å²) in [6, 6.07) is 8.11. The molecule has 1 aliphatic carbocycles. The van der Waals surface area contributed by atoms with E-state index >= 15 is 0 Å². The Balaban J connectivity index is 1.30. The first kappa shape index (κ1) is 34.1. The number of nitrogens with zero attached hydrogens (tertiary/aromatic N) is 4. The van der Waals surface area contributed by atoms with Crippen molar-refractivity contribution in [2.75, 3.05) is 18.4 Å². The fourth-order valence-corrected chi connectivity index (χ4v) is 6.01. The van der Waals surface area contributed by atoms with E-state index < -0.39 is 30.2 Å². The average molecular weight is 669 g/mol. The molecule has 5 rings (SSSR count). The Labute approximate surface area is 278 Å². The predicted molar refractivity (Wildman–Crippen MR) is 174 cm³/mol. The molecule has 1 aromatic carbocycles. The van der Waals surface area contributed by atoms with Crippen LogP contribution in [0.5, 0.6) is 0 Å². The SMILES string of the molecule is CC(OC(=O)OC1CCCCC1)OC(=O)c1ccc2c(c1)nc(C(=O)NC1CCN(C(C)C)CC1)n2CC(=O)Nc1ccc(Cl)cn1. The van der Waals surface area contributed by atoms with Crippen LogP contribution in [-0.4, -0.2) is 80.9 Å². The number of fused-ring (bicyclic) bond motifs is 1. The molecule has 2 aliphatic rings. The number of carbonyl (C=O) groups is 4. The Morgan fingerprint density at radius 2 is 1.72 bits per heavy atom. The van der Waals surface area contributed by atoms with Gasteiger partial charge in [0.1, 0.15) is 18.5 Å². The van der Waals surface area contributed by atoms with Crippen molar-refractivity contribution in [3.8, 4) is 0 Å². The summed E-state index contributed by atoms with van der Waals surface area (Å²) in [5.41, 5.74) is 0.893. The molecule has 1 atom stereocenters. The summed E-state index contributed by atoms with van der Waals surface area (Å²) in [6.07, 6.45) is 5.39. The van der Waals surface area contributed by atoms with E-state index in [0.29, 0.717) is 27.9 Å². The zero-order chi connectivity index (χ0) is 33.5. The molecule has 2 fully saturated rings. The number of likely N-dealkylation sites (tertiary alicyclic amines) is 1. The Morgan fingerprint density at radius 1 is 0.979 bits per heavy atom. The number of anilines is 1. The Kier molecular flexibility index (Phi) is 11.3. The molecule has 2 amide bonds. The lowest BCUT2D eigenvalue weighted by molar-refractivity contribution is -0.116. The highest BCUT2D eigenvalue weighted by Gasteiger charge is 2.27. The lowest BCUT2D eigenvalue weighted by atomic mass is 9.98. The predicted octanol–water partition coefficient (Wildman–Crippen LogP) is 5.31. The number of benzene rings is 1. The third-order valence-electron chi connectivity index (χ3n) is 8.43. The summed E-state index contributed by atoms with van der Waals surface area (Å²) in [5, 5.41) is 6.21. The van der Waals surface area contributed by atoms with Gasteiger partial charge in [-0.05, 0) is 82.7 Å². The van der Waals surface area contributed by atoms with Gasteiger partial charge in [0, 0.05) is 38.3 Å². The maximum absolute atomic E-state index is 13.6. The highest BCUT2D eigenvalue weighted by Crippen LogP contribution is 2.23. The highest BCUT2D eigenvalue weighted by molar-refractivity contribution is 6.30. The van der Waals surface area contributed by atoms with Crippen LogP contribution in [0.1, 0.15) is 86.7 Å². The molecule has 0 radical (unpaired) electrons. The molecule has 0 bridgehead atoms. The lowest BCUT2D eigenvalue weighted by Crippen LogP contribution is -2.47. The first-order valence-electron chi connectivity index (χ1n) is 16.1. The van der Waals surface area contributed by atoms with E-state index in [1.807, 2.05) is 0 Å². The van der Waals surface area contributed by atoms with E-state index in [0.717, 1.165) is 58.0 Å². The topological polar surface area (TPSA) is 154 Å². The molecule has 2 aromatic heterocycles. The largest absolute Gasteiger partial charge is 0.511 e. The maximum atomic E-state index is 13.6. The van der Waals surface area contributed by atoms with Crippen molar-refractivity contribution in [2.24, 2.45) is 0 Å². The molecule has 14 heteroatoms. The van der Waals surface area contributed by atoms with Crippen LogP contribution < -0.4 is 10.6 Å². The molecule has 2 N–H and O–H groups in total. The van der Waals surface area contributed by atoms with Crippen molar-refractivity contribution in [1.82, 2.24) is 24.8 Å². The molecule has 47 heavy (non-hydrogen) atoms. The third kappa shape index (κ3) is 9.19. The first-order valence-corrected chi connectivity index (χ1v) is 16.5. The van der Waals surface area contributed by atoms with Crippen molar-refractivity contribution in [2.45, 2.75) is 96.7 Å². The monoisotopic (exact) mass is 668 g/mol. The van der Waals surface area contributed by atoms with Crippen molar-refractivity contribution in [3.05, 3.63) is 52.9 Å². The number of ether oxygens (including phenoxy) is 3. The number of esters is 1. The molecule has 3 aromatic rings. The van der Waals surface area contributed by atoms with Gasteiger partial charge in [-0.15, -0.1) is 0 Å². The van der Waals surface area contributed by atoms with Crippen molar-refractivity contribution in [3.63, 3.8) is 0 Å². The second-order valence-corrected chi connectivity index (χ2v) is 12.7. The van der Waals surface area contributed by atoms with Crippen LogP contribution in [0, 0.1) is 0 Å². The molecular weight excluding hydrogens is 628 g/mol. The molecule has 1 aliphatic heterocycles. The minimum absolute atomic E-state index is 0.0261. The molecule has 1 saturated heterocycles. The van der Waals surface area contributed by atoms with Crippen LogP contribution in [0.15, 0.2) is 36.5 Å². The van der Waals surface area contributed by atoms with E-state index in [-0.39, 0.29) is 30.1 Å². The number of halogens is 1. The van der Waals surface area contributed by atoms with E-state index in [1.54, 1.807) is 18.2 Å². The normalized spacial score (nSPS) is 16.9. The van der Waals surface area contributed by atoms with Gasteiger partial charge in [-0.3, -0.25) is 9.59 Å². The number of amides is 2. The molecule has 0 spiro atoms. The zero-order valence-corrected chi connectivity index (χ0v) is 27.6.